The highest BCUT2D eigenvalue weighted by atomic mass is 79.9. The molecule has 10 aromatic rings. The summed E-state index contributed by atoms with van der Waals surface area (Å²) < 4.78 is 2.61. The first-order chi connectivity index (χ1) is 29.9. The third kappa shape index (κ3) is 6.08. The molecule has 0 saturated carbocycles. The molecule has 0 fully saturated rings. The molecule has 7 nitrogen and oxygen atoms in total. The van der Waals surface area contributed by atoms with E-state index in [4.69, 9.17) is 9.97 Å². The molecule has 4 aromatic carbocycles. The molecule has 2 N–H and O–H groups in total. The molecule has 10 heteroatoms. The van der Waals surface area contributed by atoms with Crippen LogP contribution in [0.4, 0.5) is 0 Å². The van der Waals surface area contributed by atoms with Crippen LogP contribution in [0, 0.1) is 0 Å². The summed E-state index contributed by atoms with van der Waals surface area (Å²) in [7, 11) is 0. The van der Waals surface area contributed by atoms with Gasteiger partial charge in [-0.05, 0) is 152 Å². The number of aromatic amines is 2. The largest absolute Gasteiger partial charge is 0.354 e. The van der Waals surface area contributed by atoms with E-state index >= 15 is 0 Å². The van der Waals surface area contributed by atoms with Crippen molar-refractivity contribution in [3.05, 3.63) is 170 Å². The molecule has 2 aliphatic rings. The van der Waals surface area contributed by atoms with Gasteiger partial charge < -0.3 is 9.97 Å². The average molecular weight is 979 g/mol. The number of hydrogen-bond acceptors (Lipinski definition) is 5. The fraction of sp³-hybridized carbons (Fsp3) is 0. The molecule has 0 radical (unpaired) electrons. The summed E-state index contributed by atoms with van der Waals surface area (Å²) in [6.45, 7) is 0. The Morgan fingerprint density at radius 3 is 1.23 bits per heavy atom. The van der Waals surface area contributed by atoms with Crippen LogP contribution in [-0.4, -0.2) is 34.9 Å². The van der Waals surface area contributed by atoms with Crippen molar-refractivity contribution in [3.8, 4) is 44.5 Å². The molecule has 0 amide bonds. The summed E-state index contributed by atoms with van der Waals surface area (Å²) >= 11 is 11.1. The van der Waals surface area contributed by atoms with E-state index in [1.165, 1.54) is 26.9 Å². The summed E-state index contributed by atoms with van der Waals surface area (Å²) in [5, 5.41) is 7.31. The number of hydrogen-bond donors (Lipinski definition) is 2. The van der Waals surface area contributed by atoms with E-state index in [1.807, 2.05) is 18.6 Å². The molecule has 0 saturated heterocycles. The maximum Gasteiger partial charge on any atom is 0.0737 e. The number of benzene rings is 4. The van der Waals surface area contributed by atoms with Crippen LogP contribution in [0.5, 0.6) is 0 Å². The molecular formula is C51H28Br3N7. The molecule has 12 rings (SSSR count). The molecule has 0 unspecified atom stereocenters. The van der Waals surface area contributed by atoms with Crippen molar-refractivity contribution < 1.29 is 0 Å². The van der Waals surface area contributed by atoms with Crippen molar-refractivity contribution in [1.82, 2.24) is 34.9 Å². The minimum atomic E-state index is 0.794. The number of nitrogens with zero attached hydrogens (tertiary/aromatic N) is 5. The van der Waals surface area contributed by atoms with Gasteiger partial charge in [0.25, 0.3) is 0 Å². The lowest BCUT2D eigenvalue weighted by atomic mass is 9.89. The molecule has 0 atom stereocenters. The molecule has 0 aliphatic carbocycles. The molecule has 61 heavy (non-hydrogen) atoms. The summed E-state index contributed by atoms with van der Waals surface area (Å²) in [6.07, 6.45) is 19.4. The smallest absolute Gasteiger partial charge is 0.0737 e. The normalized spacial score (nSPS) is 12.4. The first-order valence-corrected chi connectivity index (χ1v) is 22.0. The van der Waals surface area contributed by atoms with Crippen molar-refractivity contribution >= 4 is 126 Å². The van der Waals surface area contributed by atoms with E-state index in [2.05, 4.69) is 194 Å². The third-order valence-corrected chi connectivity index (χ3v) is 12.8. The maximum atomic E-state index is 5.53. The monoisotopic (exact) mass is 975 g/mol. The summed E-state index contributed by atoms with van der Waals surface area (Å²) in [6, 6.07) is 34.7. The zero-order valence-electron chi connectivity index (χ0n) is 31.9. The standard InChI is InChI=1S/C51H28Br3N7/c52-33-18-30(21-55-24-33)48-38-10-12-40(58-38)49(31-19-34(53)25-56-22-31)42-14-16-44(60-42)51(37-9-7-29-5-4-27-2-1-3-28-6-8-36(37)47(29)46(27)28)45-17-15-43(61-45)50(41-13-11-39(48)59-41)32-20-35(54)26-57-23-32/h1-26,58,61H. The zero-order chi connectivity index (χ0) is 40.8. The van der Waals surface area contributed by atoms with E-state index < -0.39 is 0 Å². The van der Waals surface area contributed by atoms with Gasteiger partial charge in [-0.25, -0.2) is 9.97 Å². The Balaban J connectivity index is 1.27. The fourth-order valence-corrected chi connectivity index (χ4v) is 10.1. The summed E-state index contributed by atoms with van der Waals surface area (Å²) in [4.78, 5) is 32.4. The molecule has 8 bridgehead atoms. The van der Waals surface area contributed by atoms with E-state index in [0.717, 1.165) is 108 Å². The van der Waals surface area contributed by atoms with Gasteiger partial charge in [0.15, 0.2) is 0 Å². The number of halogens is 3. The zero-order valence-corrected chi connectivity index (χ0v) is 36.6. The number of H-pyrrole nitrogens is 2. The highest BCUT2D eigenvalue weighted by Crippen LogP contribution is 2.43. The molecule has 2 aliphatic heterocycles. The first kappa shape index (κ1) is 36.3. The van der Waals surface area contributed by atoms with Gasteiger partial charge in [-0.3, -0.25) is 15.0 Å². The maximum absolute atomic E-state index is 5.53. The predicted molar refractivity (Wildman–Crippen MR) is 261 cm³/mol. The van der Waals surface area contributed by atoms with Crippen molar-refractivity contribution in [3.63, 3.8) is 0 Å². The first-order valence-electron chi connectivity index (χ1n) is 19.6. The third-order valence-electron chi connectivity index (χ3n) is 11.5. The molecule has 0 spiro atoms. The highest BCUT2D eigenvalue weighted by Gasteiger charge is 2.21. The lowest BCUT2D eigenvalue weighted by molar-refractivity contribution is 1.27. The Hall–Kier alpha value is -6.59. The highest BCUT2D eigenvalue weighted by molar-refractivity contribution is 9.11. The van der Waals surface area contributed by atoms with Crippen LogP contribution in [-0.2, 0) is 0 Å². The van der Waals surface area contributed by atoms with Crippen molar-refractivity contribution in [2.75, 3.05) is 0 Å². The number of nitrogens with one attached hydrogen (secondary N) is 2. The number of fused-ring (bicyclic) bond motifs is 8. The van der Waals surface area contributed by atoms with Gasteiger partial charge in [0.2, 0.25) is 0 Å². The van der Waals surface area contributed by atoms with Crippen LogP contribution in [0.15, 0.2) is 148 Å². The van der Waals surface area contributed by atoms with Crippen molar-refractivity contribution in [2.24, 2.45) is 0 Å². The fourth-order valence-electron chi connectivity index (χ4n) is 9.00. The Morgan fingerprint density at radius 2 is 0.770 bits per heavy atom. The topological polar surface area (TPSA) is 96.0 Å². The van der Waals surface area contributed by atoms with Gasteiger partial charge >= 0.3 is 0 Å². The second-order valence-electron chi connectivity index (χ2n) is 15.1. The van der Waals surface area contributed by atoms with E-state index in [-0.39, 0.29) is 0 Å². The predicted octanol–water partition coefficient (Wildman–Crippen LogP) is 14.7. The summed E-state index contributed by atoms with van der Waals surface area (Å²) in [5.41, 5.74) is 14.4. The minimum absolute atomic E-state index is 0.794. The Labute approximate surface area is 373 Å². The van der Waals surface area contributed by atoms with Crippen LogP contribution < -0.4 is 0 Å². The minimum Gasteiger partial charge on any atom is -0.354 e. The summed E-state index contributed by atoms with van der Waals surface area (Å²) in [5.74, 6) is 0. The van der Waals surface area contributed by atoms with Crippen molar-refractivity contribution in [1.29, 1.82) is 0 Å². The van der Waals surface area contributed by atoms with Gasteiger partial charge in [-0.1, -0.05) is 54.6 Å². The average Bonchev–Trinajstić information content (AvgIpc) is 4.12. The Bertz CT molecular complexity index is 3650. The molecule has 8 heterocycles. The van der Waals surface area contributed by atoms with Crippen LogP contribution in [0.25, 0.3) is 123 Å². The van der Waals surface area contributed by atoms with Gasteiger partial charge in [0, 0.05) is 112 Å². The second kappa shape index (κ2) is 14.3. The van der Waals surface area contributed by atoms with E-state index in [1.54, 1.807) is 18.6 Å². The molecule has 288 valence electrons. The van der Waals surface area contributed by atoms with Gasteiger partial charge in [-0.15, -0.1) is 0 Å². The number of rotatable bonds is 4. The van der Waals surface area contributed by atoms with Gasteiger partial charge in [-0.2, -0.15) is 0 Å². The lowest BCUT2D eigenvalue weighted by Crippen LogP contribution is -1.92. The van der Waals surface area contributed by atoms with Crippen LogP contribution in [0.1, 0.15) is 22.8 Å². The molecule has 6 aromatic heterocycles. The van der Waals surface area contributed by atoms with Crippen LogP contribution in [0.3, 0.4) is 0 Å². The van der Waals surface area contributed by atoms with Gasteiger partial charge in [0.05, 0.1) is 22.8 Å². The number of pyridine rings is 3. The van der Waals surface area contributed by atoms with Crippen LogP contribution in [0.2, 0.25) is 0 Å². The van der Waals surface area contributed by atoms with Crippen molar-refractivity contribution in [2.45, 2.75) is 0 Å². The van der Waals surface area contributed by atoms with Crippen LogP contribution >= 0.6 is 47.8 Å². The van der Waals surface area contributed by atoms with E-state index in [0.29, 0.717) is 0 Å². The Morgan fingerprint density at radius 1 is 0.377 bits per heavy atom. The lowest BCUT2D eigenvalue weighted by Gasteiger charge is -2.14. The second-order valence-corrected chi connectivity index (χ2v) is 17.9. The molecular weight excluding hydrogens is 950 g/mol. The van der Waals surface area contributed by atoms with Gasteiger partial charge in [0.1, 0.15) is 0 Å². The van der Waals surface area contributed by atoms with E-state index in [9.17, 15) is 0 Å². The number of aromatic nitrogens is 7. The Kier molecular flexibility index (Phi) is 8.48. The SMILES string of the molecule is Brc1cncc(-c2c3nc(c(-c4cncc(Br)c4)c4ccc([nH]4)c(-c4ccc5ccc6cccc7ccc4c5c67)c4nc(c(-c5cncc(Br)c5)c5ccc2[nH]5)C=C4)C=C3)c1. The quantitative estimate of drug-likeness (QED) is 0.171.